The van der Waals surface area contributed by atoms with Gasteiger partial charge < -0.3 is 10.6 Å². The van der Waals surface area contributed by atoms with Crippen LogP contribution in [0.2, 0.25) is 0 Å². The lowest BCUT2D eigenvalue weighted by Crippen LogP contribution is -2.42. The molecule has 1 aromatic rings. The van der Waals surface area contributed by atoms with Gasteiger partial charge in [-0.05, 0) is 51.6 Å². The van der Waals surface area contributed by atoms with Crippen molar-refractivity contribution in [3.05, 3.63) is 17.5 Å². The Morgan fingerprint density at radius 2 is 2.32 bits per heavy atom. The van der Waals surface area contributed by atoms with Crippen molar-refractivity contribution in [1.82, 2.24) is 14.7 Å². The molecule has 0 spiro atoms. The Balaban J connectivity index is 1.94. The van der Waals surface area contributed by atoms with E-state index < -0.39 is 0 Å². The number of amides is 1. The normalized spacial score (nSPS) is 19.7. The smallest absolute Gasteiger partial charge is 0.244 e. The summed E-state index contributed by atoms with van der Waals surface area (Å²) in [6.07, 6.45) is 3.30. The van der Waals surface area contributed by atoms with Gasteiger partial charge in [-0.3, -0.25) is 9.48 Å². The average Bonchev–Trinajstić information content (AvgIpc) is 2.68. The van der Waals surface area contributed by atoms with Gasteiger partial charge in [-0.15, -0.1) is 0 Å². The number of carbonyl (C=O) groups is 1. The van der Waals surface area contributed by atoms with E-state index in [9.17, 15) is 4.79 Å². The molecule has 2 N–H and O–H groups in total. The SMILES string of the molecule is Cc1cc(C)n(CC(=O)N2CCCC(CCN)C2)n1. The molecule has 5 heteroatoms. The van der Waals surface area contributed by atoms with Crippen molar-refractivity contribution in [2.75, 3.05) is 19.6 Å². The number of rotatable bonds is 4. The molecule has 1 unspecified atom stereocenters. The second-order valence-electron chi connectivity index (χ2n) is 5.51. The fourth-order valence-corrected chi connectivity index (χ4v) is 2.83. The maximum Gasteiger partial charge on any atom is 0.244 e. The average molecular weight is 264 g/mol. The topological polar surface area (TPSA) is 64.2 Å². The van der Waals surface area contributed by atoms with Crippen molar-refractivity contribution in [1.29, 1.82) is 0 Å². The standard InChI is InChI=1S/C14H24N4O/c1-11-8-12(2)18(16-11)10-14(19)17-7-3-4-13(9-17)5-6-15/h8,13H,3-7,9-10,15H2,1-2H3. The van der Waals surface area contributed by atoms with E-state index >= 15 is 0 Å². The molecule has 0 saturated carbocycles. The molecular formula is C14H24N4O. The first kappa shape index (κ1) is 14.1. The van der Waals surface area contributed by atoms with Crippen LogP contribution in [-0.2, 0) is 11.3 Å². The van der Waals surface area contributed by atoms with Crippen molar-refractivity contribution in [3.63, 3.8) is 0 Å². The Hall–Kier alpha value is -1.36. The third kappa shape index (κ3) is 3.56. The van der Waals surface area contributed by atoms with E-state index in [2.05, 4.69) is 5.10 Å². The van der Waals surface area contributed by atoms with E-state index in [1.807, 2.05) is 24.8 Å². The number of aryl methyl sites for hydroxylation is 2. The molecule has 106 valence electrons. The minimum absolute atomic E-state index is 0.174. The summed E-state index contributed by atoms with van der Waals surface area (Å²) in [6.45, 7) is 6.74. The summed E-state index contributed by atoms with van der Waals surface area (Å²) in [6, 6.07) is 2.00. The zero-order chi connectivity index (χ0) is 13.8. The van der Waals surface area contributed by atoms with Gasteiger partial charge in [-0.2, -0.15) is 5.10 Å². The predicted molar refractivity (Wildman–Crippen MR) is 74.7 cm³/mol. The van der Waals surface area contributed by atoms with E-state index in [-0.39, 0.29) is 5.91 Å². The van der Waals surface area contributed by atoms with Crippen LogP contribution in [0.4, 0.5) is 0 Å². The molecular weight excluding hydrogens is 240 g/mol. The summed E-state index contributed by atoms with van der Waals surface area (Å²) in [5.74, 6) is 0.746. The van der Waals surface area contributed by atoms with Crippen LogP contribution in [0.15, 0.2) is 6.07 Å². The summed E-state index contributed by atoms with van der Waals surface area (Å²) in [5, 5.41) is 4.35. The number of piperidine rings is 1. The highest BCUT2D eigenvalue weighted by molar-refractivity contribution is 5.76. The minimum Gasteiger partial charge on any atom is -0.341 e. The van der Waals surface area contributed by atoms with E-state index in [1.54, 1.807) is 4.68 Å². The van der Waals surface area contributed by atoms with Gasteiger partial charge in [0.15, 0.2) is 0 Å². The van der Waals surface area contributed by atoms with Crippen LogP contribution in [0.1, 0.15) is 30.7 Å². The molecule has 5 nitrogen and oxygen atoms in total. The maximum atomic E-state index is 12.3. The van der Waals surface area contributed by atoms with Gasteiger partial charge in [-0.25, -0.2) is 0 Å². The van der Waals surface area contributed by atoms with Gasteiger partial charge in [0, 0.05) is 18.8 Å². The first-order chi connectivity index (χ1) is 9.10. The second-order valence-corrected chi connectivity index (χ2v) is 5.51. The Morgan fingerprint density at radius 3 is 2.95 bits per heavy atom. The minimum atomic E-state index is 0.174. The molecule has 2 rings (SSSR count). The van der Waals surface area contributed by atoms with Gasteiger partial charge in [-0.1, -0.05) is 0 Å². The summed E-state index contributed by atoms with van der Waals surface area (Å²) in [4.78, 5) is 14.3. The van der Waals surface area contributed by atoms with Gasteiger partial charge >= 0.3 is 0 Å². The van der Waals surface area contributed by atoms with Crippen molar-refractivity contribution in [3.8, 4) is 0 Å². The molecule has 1 atom stereocenters. The van der Waals surface area contributed by atoms with Crippen LogP contribution in [0.3, 0.4) is 0 Å². The Kier molecular flexibility index (Phi) is 4.58. The monoisotopic (exact) mass is 264 g/mol. The molecule has 1 fully saturated rings. The number of carbonyl (C=O) groups excluding carboxylic acids is 1. The highest BCUT2D eigenvalue weighted by Gasteiger charge is 2.23. The Bertz CT molecular complexity index is 439. The van der Waals surface area contributed by atoms with Crippen LogP contribution in [0.5, 0.6) is 0 Å². The van der Waals surface area contributed by atoms with Crippen LogP contribution >= 0.6 is 0 Å². The van der Waals surface area contributed by atoms with Crippen molar-refractivity contribution < 1.29 is 4.79 Å². The van der Waals surface area contributed by atoms with Crippen LogP contribution in [0, 0.1) is 19.8 Å². The van der Waals surface area contributed by atoms with Crippen LogP contribution < -0.4 is 5.73 Å². The fraction of sp³-hybridized carbons (Fsp3) is 0.714. The number of nitrogens with zero attached hydrogens (tertiary/aromatic N) is 3. The quantitative estimate of drug-likeness (QED) is 0.885. The molecule has 1 amide bonds. The molecule has 0 aliphatic carbocycles. The van der Waals surface area contributed by atoms with Gasteiger partial charge in [0.25, 0.3) is 0 Å². The molecule has 0 aromatic carbocycles. The highest BCUT2D eigenvalue weighted by Crippen LogP contribution is 2.19. The molecule has 1 aliphatic heterocycles. The van der Waals surface area contributed by atoms with Crippen molar-refractivity contribution in [2.45, 2.75) is 39.7 Å². The summed E-state index contributed by atoms with van der Waals surface area (Å²) < 4.78 is 1.80. The third-order valence-corrected chi connectivity index (χ3v) is 3.83. The van der Waals surface area contributed by atoms with E-state index in [0.29, 0.717) is 19.0 Å². The first-order valence-corrected chi connectivity index (χ1v) is 7.09. The van der Waals surface area contributed by atoms with E-state index in [4.69, 9.17) is 5.73 Å². The summed E-state index contributed by atoms with van der Waals surface area (Å²) in [5.41, 5.74) is 7.62. The van der Waals surface area contributed by atoms with Crippen LogP contribution in [-0.4, -0.2) is 40.2 Å². The fourth-order valence-electron chi connectivity index (χ4n) is 2.83. The largest absolute Gasteiger partial charge is 0.341 e. The zero-order valence-corrected chi connectivity index (χ0v) is 11.9. The lowest BCUT2D eigenvalue weighted by molar-refractivity contribution is -0.133. The Morgan fingerprint density at radius 1 is 1.53 bits per heavy atom. The molecule has 1 saturated heterocycles. The van der Waals surface area contributed by atoms with Gasteiger partial charge in [0.05, 0.1) is 5.69 Å². The van der Waals surface area contributed by atoms with Crippen LogP contribution in [0.25, 0.3) is 0 Å². The van der Waals surface area contributed by atoms with E-state index in [0.717, 1.165) is 37.3 Å². The molecule has 1 aliphatic rings. The van der Waals surface area contributed by atoms with E-state index in [1.165, 1.54) is 6.42 Å². The maximum absolute atomic E-state index is 12.3. The number of hydrogen-bond acceptors (Lipinski definition) is 3. The number of hydrogen-bond donors (Lipinski definition) is 1. The third-order valence-electron chi connectivity index (χ3n) is 3.83. The molecule has 19 heavy (non-hydrogen) atoms. The number of nitrogens with two attached hydrogens (primary N) is 1. The first-order valence-electron chi connectivity index (χ1n) is 7.09. The number of likely N-dealkylation sites (tertiary alicyclic amines) is 1. The Labute approximate surface area is 114 Å². The summed E-state index contributed by atoms with van der Waals surface area (Å²) in [7, 11) is 0. The molecule has 1 aromatic heterocycles. The number of aromatic nitrogens is 2. The second kappa shape index (κ2) is 6.19. The van der Waals surface area contributed by atoms with Gasteiger partial charge in [0.2, 0.25) is 5.91 Å². The molecule has 0 bridgehead atoms. The van der Waals surface area contributed by atoms with Gasteiger partial charge in [0.1, 0.15) is 6.54 Å². The van der Waals surface area contributed by atoms with Crippen molar-refractivity contribution in [2.24, 2.45) is 11.7 Å². The van der Waals surface area contributed by atoms with Crippen molar-refractivity contribution >= 4 is 5.91 Å². The lowest BCUT2D eigenvalue weighted by atomic mass is 9.95. The summed E-state index contributed by atoms with van der Waals surface area (Å²) >= 11 is 0. The lowest BCUT2D eigenvalue weighted by Gasteiger charge is -2.32. The molecule has 0 radical (unpaired) electrons. The highest BCUT2D eigenvalue weighted by atomic mass is 16.2. The zero-order valence-electron chi connectivity index (χ0n) is 11.9. The predicted octanol–water partition coefficient (Wildman–Crippen LogP) is 1.09. The molecule has 2 heterocycles.